The monoisotopic (exact) mass is 386 g/mol. The summed E-state index contributed by atoms with van der Waals surface area (Å²) in [5.74, 6) is -0.377. The fourth-order valence-corrected chi connectivity index (χ4v) is 4.11. The third-order valence-corrected chi connectivity index (χ3v) is 5.40. The van der Waals surface area contributed by atoms with Gasteiger partial charge in [0.2, 0.25) is 5.91 Å². The van der Waals surface area contributed by atoms with Gasteiger partial charge in [-0.15, -0.1) is 0 Å². The van der Waals surface area contributed by atoms with Crippen LogP contribution >= 0.6 is 0 Å². The van der Waals surface area contributed by atoms with Crippen molar-refractivity contribution in [3.63, 3.8) is 0 Å². The molecule has 0 bridgehead atoms. The fraction of sp³-hybridized carbons (Fsp3) is 0.182. The number of nitrogens with one attached hydrogen (secondary N) is 1. The summed E-state index contributed by atoms with van der Waals surface area (Å²) in [7, 11) is 0. The Balaban J connectivity index is 1.84. The summed E-state index contributed by atoms with van der Waals surface area (Å²) < 4.78 is 2.79. The number of hydrogen-bond donors (Lipinski definition) is 1. The molecule has 0 unspecified atom stereocenters. The van der Waals surface area contributed by atoms with Crippen molar-refractivity contribution < 1.29 is 4.79 Å². The maximum absolute atomic E-state index is 13.3. The van der Waals surface area contributed by atoms with E-state index in [1.54, 1.807) is 4.57 Å². The standard InChI is InChI=1S/C22H18N4O3/c1-3-15-16-9-19-20-14(8-13-6-4-5-7-18(13)23-20)10-25(19)21(28)17(16)11-26(22(15)29)24-12(2)27/h4-9,11H,3,10H2,1-2H3,(H,24,27). The van der Waals surface area contributed by atoms with Crippen molar-refractivity contribution in [2.75, 3.05) is 5.43 Å². The molecule has 7 nitrogen and oxygen atoms in total. The van der Waals surface area contributed by atoms with E-state index in [2.05, 4.69) is 11.5 Å². The quantitative estimate of drug-likeness (QED) is 0.505. The molecule has 1 N–H and O–H groups in total. The molecule has 5 rings (SSSR count). The van der Waals surface area contributed by atoms with E-state index in [1.807, 2.05) is 37.3 Å². The number of aryl methyl sites for hydroxylation is 1. The van der Waals surface area contributed by atoms with Crippen molar-refractivity contribution in [3.8, 4) is 11.4 Å². The van der Waals surface area contributed by atoms with Crippen LogP contribution in [0, 0.1) is 0 Å². The first-order valence-electron chi connectivity index (χ1n) is 9.46. The van der Waals surface area contributed by atoms with Crippen LogP contribution in [0.15, 0.2) is 52.2 Å². The smallest absolute Gasteiger partial charge is 0.273 e. The molecule has 1 aromatic carbocycles. The van der Waals surface area contributed by atoms with Gasteiger partial charge in [0.15, 0.2) is 0 Å². The van der Waals surface area contributed by atoms with Crippen molar-refractivity contribution in [2.24, 2.45) is 0 Å². The van der Waals surface area contributed by atoms with Crippen LogP contribution in [0.4, 0.5) is 0 Å². The summed E-state index contributed by atoms with van der Waals surface area (Å²) in [4.78, 5) is 42.4. The van der Waals surface area contributed by atoms with Gasteiger partial charge in [0.1, 0.15) is 0 Å². The lowest BCUT2D eigenvalue weighted by Crippen LogP contribution is -2.34. The van der Waals surface area contributed by atoms with Gasteiger partial charge in [0, 0.05) is 29.6 Å². The molecule has 0 saturated carbocycles. The van der Waals surface area contributed by atoms with Gasteiger partial charge in [-0.2, -0.15) is 0 Å². The highest BCUT2D eigenvalue weighted by Crippen LogP contribution is 2.33. The molecule has 1 aliphatic rings. The largest absolute Gasteiger partial charge is 0.302 e. The van der Waals surface area contributed by atoms with Gasteiger partial charge >= 0.3 is 0 Å². The number of rotatable bonds is 2. The first-order chi connectivity index (χ1) is 14.0. The minimum absolute atomic E-state index is 0.201. The predicted molar refractivity (Wildman–Crippen MR) is 112 cm³/mol. The highest BCUT2D eigenvalue weighted by molar-refractivity contribution is 5.91. The molecule has 0 spiro atoms. The number of carbonyl (C=O) groups is 1. The number of hydrogen-bond acceptors (Lipinski definition) is 4. The Morgan fingerprint density at radius 2 is 1.93 bits per heavy atom. The molecule has 1 amide bonds. The molecule has 7 heteroatoms. The number of pyridine rings is 3. The maximum Gasteiger partial charge on any atom is 0.273 e. The van der Waals surface area contributed by atoms with Crippen LogP contribution in [0.2, 0.25) is 0 Å². The molecule has 29 heavy (non-hydrogen) atoms. The Morgan fingerprint density at radius 3 is 2.69 bits per heavy atom. The van der Waals surface area contributed by atoms with Crippen molar-refractivity contribution in [1.29, 1.82) is 0 Å². The lowest BCUT2D eigenvalue weighted by Gasteiger charge is -2.13. The van der Waals surface area contributed by atoms with E-state index in [9.17, 15) is 14.4 Å². The van der Waals surface area contributed by atoms with Crippen LogP contribution in [0.3, 0.4) is 0 Å². The highest BCUT2D eigenvalue weighted by Gasteiger charge is 2.24. The van der Waals surface area contributed by atoms with E-state index in [0.29, 0.717) is 29.3 Å². The number of para-hydroxylation sites is 1. The summed E-state index contributed by atoms with van der Waals surface area (Å²) in [6, 6.07) is 11.8. The molecular formula is C22H18N4O3. The third-order valence-electron chi connectivity index (χ3n) is 5.40. The number of benzene rings is 1. The van der Waals surface area contributed by atoms with E-state index in [0.717, 1.165) is 32.5 Å². The lowest BCUT2D eigenvalue weighted by molar-refractivity contribution is -0.115. The van der Waals surface area contributed by atoms with Crippen molar-refractivity contribution in [3.05, 3.63) is 74.4 Å². The van der Waals surface area contributed by atoms with Crippen LogP contribution in [0.25, 0.3) is 33.1 Å². The number of nitrogens with zero attached hydrogens (tertiary/aromatic N) is 3. The van der Waals surface area contributed by atoms with Gasteiger partial charge < -0.3 is 4.57 Å². The van der Waals surface area contributed by atoms with Crippen molar-refractivity contribution >= 4 is 27.6 Å². The Kier molecular flexibility index (Phi) is 3.67. The van der Waals surface area contributed by atoms with Crippen LogP contribution in [0.5, 0.6) is 0 Å². The Bertz CT molecular complexity index is 1460. The van der Waals surface area contributed by atoms with Gasteiger partial charge in [0.25, 0.3) is 11.1 Å². The molecule has 0 fully saturated rings. The zero-order chi connectivity index (χ0) is 20.3. The summed E-state index contributed by atoms with van der Waals surface area (Å²) in [6.07, 6.45) is 1.86. The van der Waals surface area contributed by atoms with E-state index in [-0.39, 0.29) is 17.0 Å². The summed E-state index contributed by atoms with van der Waals surface area (Å²) in [5, 5.41) is 2.03. The zero-order valence-electron chi connectivity index (χ0n) is 16.0. The van der Waals surface area contributed by atoms with E-state index >= 15 is 0 Å². The summed E-state index contributed by atoms with van der Waals surface area (Å²) in [6.45, 7) is 3.61. The van der Waals surface area contributed by atoms with Crippen LogP contribution < -0.4 is 16.5 Å². The average molecular weight is 386 g/mol. The fourth-order valence-electron chi connectivity index (χ4n) is 4.11. The second-order valence-electron chi connectivity index (χ2n) is 7.24. The average Bonchev–Trinajstić information content (AvgIpc) is 3.05. The number of amides is 1. The summed E-state index contributed by atoms with van der Waals surface area (Å²) >= 11 is 0. The first kappa shape index (κ1) is 17.4. The topological polar surface area (TPSA) is 86.0 Å². The Hall–Kier alpha value is -3.74. The first-order valence-corrected chi connectivity index (χ1v) is 9.46. The Morgan fingerprint density at radius 1 is 1.14 bits per heavy atom. The molecule has 144 valence electrons. The molecule has 0 aliphatic carbocycles. The molecular weight excluding hydrogens is 368 g/mol. The maximum atomic E-state index is 13.3. The normalized spacial score (nSPS) is 12.2. The van der Waals surface area contributed by atoms with Gasteiger partial charge in [-0.25, -0.2) is 9.66 Å². The van der Waals surface area contributed by atoms with Crippen molar-refractivity contribution in [1.82, 2.24) is 14.2 Å². The molecule has 4 heterocycles. The second-order valence-corrected chi connectivity index (χ2v) is 7.24. The Labute approximate surface area is 165 Å². The van der Waals surface area contributed by atoms with E-state index < -0.39 is 0 Å². The third kappa shape index (κ3) is 2.51. The van der Waals surface area contributed by atoms with Crippen LogP contribution in [-0.4, -0.2) is 20.1 Å². The van der Waals surface area contributed by atoms with Crippen molar-refractivity contribution in [2.45, 2.75) is 26.8 Å². The SMILES string of the molecule is CCc1c(=O)n(NC(C)=O)cc2c(=O)n3c(cc12)-c1nc2ccccc2cc1C3. The molecule has 1 aliphatic heterocycles. The number of fused-ring (bicyclic) bond motifs is 5. The van der Waals surface area contributed by atoms with Crippen LogP contribution in [-0.2, 0) is 17.8 Å². The van der Waals surface area contributed by atoms with Gasteiger partial charge in [0.05, 0.1) is 28.8 Å². The summed E-state index contributed by atoms with van der Waals surface area (Å²) in [5.41, 5.74) is 5.77. The zero-order valence-corrected chi connectivity index (χ0v) is 16.0. The minimum Gasteiger partial charge on any atom is -0.302 e. The predicted octanol–water partition coefficient (Wildman–Crippen LogP) is 2.39. The van der Waals surface area contributed by atoms with Crippen LogP contribution in [0.1, 0.15) is 25.0 Å². The molecule has 4 aromatic rings. The van der Waals surface area contributed by atoms with Gasteiger partial charge in [-0.05, 0) is 30.0 Å². The highest BCUT2D eigenvalue weighted by atomic mass is 16.2. The lowest BCUT2D eigenvalue weighted by atomic mass is 10.0. The van der Waals surface area contributed by atoms with E-state index in [4.69, 9.17) is 4.98 Å². The molecule has 3 aromatic heterocycles. The minimum atomic E-state index is -0.377. The van der Waals surface area contributed by atoms with Gasteiger partial charge in [-0.1, -0.05) is 25.1 Å². The number of carbonyl (C=O) groups excluding carboxylic acids is 1. The van der Waals surface area contributed by atoms with Gasteiger partial charge in [-0.3, -0.25) is 19.8 Å². The molecule has 0 atom stereocenters. The van der Waals surface area contributed by atoms with E-state index in [1.165, 1.54) is 13.1 Å². The molecule has 0 saturated heterocycles. The number of aromatic nitrogens is 3. The molecule has 0 radical (unpaired) electrons. The second kappa shape index (κ2) is 6.13.